The lowest BCUT2D eigenvalue weighted by atomic mass is 10.0. The molecule has 0 fully saturated rings. The minimum absolute atomic E-state index is 0.312. The highest BCUT2D eigenvalue weighted by atomic mass is 16.4. The SMILES string of the molecule is CC(CN(C)CCCc1cccc2ccccc12)C(=O)O. The molecule has 1 N–H and O–H groups in total. The number of aryl methyl sites for hydroxylation is 1. The quantitative estimate of drug-likeness (QED) is 0.847. The molecule has 0 heterocycles. The standard InChI is InChI=1S/C18H23NO2/c1-14(18(20)21)13-19(2)12-6-10-16-9-5-8-15-7-3-4-11-17(15)16/h3-5,7-9,11,14H,6,10,12-13H2,1-2H3,(H,20,21). The summed E-state index contributed by atoms with van der Waals surface area (Å²) in [6.45, 7) is 3.27. The molecular weight excluding hydrogens is 262 g/mol. The fourth-order valence-electron chi connectivity index (χ4n) is 2.69. The fourth-order valence-corrected chi connectivity index (χ4v) is 2.69. The number of carboxylic acid groups (broad SMARTS) is 1. The maximum absolute atomic E-state index is 10.8. The van der Waals surface area contributed by atoms with Crippen LogP contribution >= 0.6 is 0 Å². The fraction of sp³-hybridized carbons (Fsp3) is 0.389. The Balaban J connectivity index is 1.89. The molecule has 0 aromatic heterocycles. The van der Waals surface area contributed by atoms with Gasteiger partial charge in [-0.1, -0.05) is 49.4 Å². The first-order chi connectivity index (χ1) is 10.1. The minimum atomic E-state index is -0.726. The van der Waals surface area contributed by atoms with Crippen LogP contribution in [-0.4, -0.2) is 36.1 Å². The van der Waals surface area contributed by atoms with E-state index in [9.17, 15) is 4.79 Å². The van der Waals surface area contributed by atoms with Crippen LogP contribution in [0, 0.1) is 5.92 Å². The van der Waals surface area contributed by atoms with Crippen molar-refractivity contribution in [3.63, 3.8) is 0 Å². The van der Waals surface area contributed by atoms with Gasteiger partial charge in [0.1, 0.15) is 0 Å². The zero-order chi connectivity index (χ0) is 15.2. The molecular formula is C18H23NO2. The summed E-state index contributed by atoms with van der Waals surface area (Å²) in [5.74, 6) is -1.04. The zero-order valence-electron chi connectivity index (χ0n) is 12.7. The minimum Gasteiger partial charge on any atom is -0.481 e. The summed E-state index contributed by atoms with van der Waals surface area (Å²) in [6.07, 6.45) is 2.06. The number of benzene rings is 2. The number of aliphatic carboxylic acids is 1. The Hall–Kier alpha value is -1.87. The van der Waals surface area contributed by atoms with Crippen molar-refractivity contribution < 1.29 is 9.90 Å². The molecule has 0 aliphatic rings. The van der Waals surface area contributed by atoms with E-state index in [2.05, 4.69) is 47.4 Å². The Labute approximate surface area is 126 Å². The highest BCUT2D eigenvalue weighted by Gasteiger charge is 2.13. The van der Waals surface area contributed by atoms with Crippen molar-refractivity contribution in [1.29, 1.82) is 0 Å². The number of fused-ring (bicyclic) bond motifs is 1. The van der Waals surface area contributed by atoms with E-state index in [0.717, 1.165) is 19.4 Å². The molecule has 3 nitrogen and oxygen atoms in total. The summed E-state index contributed by atoms with van der Waals surface area (Å²) in [6, 6.07) is 14.9. The topological polar surface area (TPSA) is 40.5 Å². The van der Waals surface area contributed by atoms with E-state index in [1.54, 1.807) is 6.92 Å². The Kier molecular flexibility index (Phi) is 5.34. The third kappa shape index (κ3) is 4.30. The van der Waals surface area contributed by atoms with Gasteiger partial charge in [-0.05, 0) is 42.8 Å². The summed E-state index contributed by atoms with van der Waals surface area (Å²) in [7, 11) is 1.99. The third-order valence-corrected chi connectivity index (χ3v) is 3.87. The molecule has 2 aromatic carbocycles. The van der Waals surface area contributed by atoms with Crippen LogP contribution < -0.4 is 0 Å². The molecule has 0 bridgehead atoms. The second-order valence-corrected chi connectivity index (χ2v) is 5.74. The average Bonchev–Trinajstić information content (AvgIpc) is 2.47. The van der Waals surface area contributed by atoms with E-state index in [4.69, 9.17) is 5.11 Å². The van der Waals surface area contributed by atoms with Crippen molar-refractivity contribution in [2.45, 2.75) is 19.8 Å². The molecule has 112 valence electrons. The number of rotatable bonds is 7. The number of carbonyl (C=O) groups is 1. The van der Waals surface area contributed by atoms with Crippen molar-refractivity contribution in [2.24, 2.45) is 5.92 Å². The lowest BCUT2D eigenvalue weighted by Crippen LogP contribution is -2.29. The van der Waals surface area contributed by atoms with Crippen LogP contribution in [0.2, 0.25) is 0 Å². The molecule has 0 saturated carbocycles. The predicted molar refractivity (Wildman–Crippen MR) is 86.6 cm³/mol. The van der Waals surface area contributed by atoms with E-state index < -0.39 is 5.97 Å². The second kappa shape index (κ2) is 7.23. The molecule has 0 radical (unpaired) electrons. The second-order valence-electron chi connectivity index (χ2n) is 5.74. The van der Waals surface area contributed by atoms with Gasteiger partial charge in [-0.2, -0.15) is 0 Å². The summed E-state index contributed by atoms with van der Waals surface area (Å²) in [4.78, 5) is 13.0. The van der Waals surface area contributed by atoms with E-state index >= 15 is 0 Å². The molecule has 3 heteroatoms. The van der Waals surface area contributed by atoms with Crippen molar-refractivity contribution in [2.75, 3.05) is 20.1 Å². The summed E-state index contributed by atoms with van der Waals surface area (Å²) < 4.78 is 0. The van der Waals surface area contributed by atoms with Crippen molar-refractivity contribution in [3.8, 4) is 0 Å². The van der Waals surface area contributed by atoms with E-state index in [0.29, 0.717) is 6.54 Å². The lowest BCUT2D eigenvalue weighted by Gasteiger charge is -2.19. The van der Waals surface area contributed by atoms with Gasteiger partial charge in [0.25, 0.3) is 0 Å². The van der Waals surface area contributed by atoms with Gasteiger partial charge in [-0.25, -0.2) is 0 Å². The van der Waals surface area contributed by atoms with Crippen LogP contribution in [-0.2, 0) is 11.2 Å². The normalized spacial score (nSPS) is 12.7. The smallest absolute Gasteiger partial charge is 0.307 e. The summed E-state index contributed by atoms with van der Waals surface area (Å²) in [5.41, 5.74) is 1.37. The van der Waals surface area contributed by atoms with Gasteiger partial charge in [-0.3, -0.25) is 4.79 Å². The molecule has 0 amide bonds. The zero-order valence-corrected chi connectivity index (χ0v) is 12.7. The predicted octanol–water partition coefficient (Wildman–Crippen LogP) is 3.42. The van der Waals surface area contributed by atoms with Crippen LogP contribution in [0.25, 0.3) is 10.8 Å². The molecule has 2 rings (SSSR count). The number of nitrogens with zero attached hydrogens (tertiary/aromatic N) is 1. The first kappa shape index (κ1) is 15.5. The van der Waals surface area contributed by atoms with Gasteiger partial charge in [-0.15, -0.1) is 0 Å². The van der Waals surface area contributed by atoms with Crippen LogP contribution in [0.5, 0.6) is 0 Å². The van der Waals surface area contributed by atoms with Gasteiger partial charge >= 0.3 is 5.97 Å². The molecule has 1 unspecified atom stereocenters. The third-order valence-electron chi connectivity index (χ3n) is 3.87. The van der Waals surface area contributed by atoms with Gasteiger partial charge in [0.05, 0.1) is 5.92 Å². The van der Waals surface area contributed by atoms with Crippen LogP contribution in [0.4, 0.5) is 0 Å². The highest BCUT2D eigenvalue weighted by molar-refractivity contribution is 5.85. The molecule has 1 atom stereocenters. The molecule has 21 heavy (non-hydrogen) atoms. The van der Waals surface area contributed by atoms with Crippen molar-refractivity contribution in [3.05, 3.63) is 48.0 Å². The Bertz CT molecular complexity index is 604. The van der Waals surface area contributed by atoms with E-state index in [1.165, 1.54) is 16.3 Å². The first-order valence-corrected chi connectivity index (χ1v) is 7.46. The maximum atomic E-state index is 10.8. The van der Waals surface area contributed by atoms with Crippen molar-refractivity contribution in [1.82, 2.24) is 4.90 Å². The van der Waals surface area contributed by atoms with Gasteiger partial charge in [0.2, 0.25) is 0 Å². The molecule has 0 aliphatic carbocycles. The molecule has 2 aromatic rings. The highest BCUT2D eigenvalue weighted by Crippen LogP contribution is 2.19. The van der Waals surface area contributed by atoms with Gasteiger partial charge < -0.3 is 10.0 Å². The lowest BCUT2D eigenvalue weighted by molar-refractivity contribution is -0.141. The van der Waals surface area contributed by atoms with Crippen LogP contribution in [0.3, 0.4) is 0 Å². The van der Waals surface area contributed by atoms with Gasteiger partial charge in [0.15, 0.2) is 0 Å². The molecule has 0 saturated heterocycles. The van der Waals surface area contributed by atoms with Crippen molar-refractivity contribution >= 4 is 16.7 Å². The van der Waals surface area contributed by atoms with E-state index in [1.807, 2.05) is 7.05 Å². The summed E-state index contributed by atoms with van der Waals surface area (Å²) in [5, 5.41) is 11.5. The Morgan fingerprint density at radius 3 is 2.67 bits per heavy atom. The van der Waals surface area contributed by atoms with Crippen LogP contribution in [0.1, 0.15) is 18.9 Å². The Morgan fingerprint density at radius 2 is 1.90 bits per heavy atom. The average molecular weight is 285 g/mol. The monoisotopic (exact) mass is 285 g/mol. The maximum Gasteiger partial charge on any atom is 0.307 e. The number of hydrogen-bond acceptors (Lipinski definition) is 2. The Morgan fingerprint density at radius 1 is 1.19 bits per heavy atom. The summed E-state index contributed by atoms with van der Waals surface area (Å²) >= 11 is 0. The number of carboxylic acids is 1. The first-order valence-electron chi connectivity index (χ1n) is 7.46. The molecule has 0 aliphatic heterocycles. The van der Waals surface area contributed by atoms with E-state index in [-0.39, 0.29) is 5.92 Å². The van der Waals surface area contributed by atoms with Crippen LogP contribution in [0.15, 0.2) is 42.5 Å². The molecule has 0 spiro atoms. The van der Waals surface area contributed by atoms with Gasteiger partial charge in [0, 0.05) is 6.54 Å². The number of hydrogen-bond donors (Lipinski definition) is 1. The largest absolute Gasteiger partial charge is 0.481 e.